The second-order valence-corrected chi connectivity index (χ2v) is 8.01. The van der Waals surface area contributed by atoms with E-state index in [1.807, 2.05) is 6.07 Å². The molecule has 0 unspecified atom stereocenters. The molecule has 2 aromatic carbocycles. The predicted molar refractivity (Wildman–Crippen MR) is 116 cm³/mol. The first-order valence-electron chi connectivity index (χ1n) is 8.09. The molecule has 1 aliphatic heterocycles. The van der Waals surface area contributed by atoms with Gasteiger partial charge in [0.15, 0.2) is 5.17 Å². The first-order valence-corrected chi connectivity index (χ1v) is 10.0. The van der Waals surface area contributed by atoms with Crippen molar-refractivity contribution in [2.75, 3.05) is 0 Å². The lowest BCUT2D eigenvalue weighted by Crippen LogP contribution is -2.19. The van der Waals surface area contributed by atoms with Gasteiger partial charge in [-0.05, 0) is 60.3 Å². The highest BCUT2D eigenvalue weighted by Gasteiger charge is 2.24. The first kappa shape index (κ1) is 19.2. The number of rotatable bonds is 3. The van der Waals surface area contributed by atoms with Crippen LogP contribution in [0.25, 0.3) is 17.4 Å². The average molecular weight is 450 g/mol. The Hall–Kier alpha value is -2.18. The Morgan fingerprint density at radius 1 is 1.00 bits per heavy atom. The molecule has 0 radical (unpaired) electrons. The number of nitrogens with one attached hydrogen (secondary N) is 1. The molecule has 3 aromatic rings. The maximum Gasteiger partial charge on any atom is 0.264 e. The van der Waals surface area contributed by atoms with E-state index in [-0.39, 0.29) is 5.91 Å². The molecule has 1 aliphatic rings. The van der Waals surface area contributed by atoms with Crippen LogP contribution in [-0.4, -0.2) is 11.1 Å². The standard InChI is InChI=1S/C20H11Cl3N2O2S/c21-11-4-6-12(7-5-11)24-20-25-19(26)17(28-20)10-13-8-9-16(27-13)14-2-1-3-15(22)18(14)23/h1-10H,(H,24,25,26). The van der Waals surface area contributed by atoms with Crippen molar-refractivity contribution in [3.8, 4) is 11.3 Å². The Kier molecular flexibility index (Phi) is 5.51. The molecule has 8 heteroatoms. The summed E-state index contributed by atoms with van der Waals surface area (Å²) in [5.74, 6) is 0.852. The molecular formula is C20H11Cl3N2O2S. The zero-order valence-electron chi connectivity index (χ0n) is 14.1. The van der Waals surface area contributed by atoms with Gasteiger partial charge >= 0.3 is 0 Å². The number of nitrogens with zero attached hydrogens (tertiary/aromatic N) is 1. The summed E-state index contributed by atoms with van der Waals surface area (Å²) >= 11 is 19.4. The van der Waals surface area contributed by atoms with Gasteiger partial charge in [0.25, 0.3) is 5.91 Å². The Morgan fingerprint density at radius 2 is 1.79 bits per heavy atom. The highest BCUT2D eigenvalue weighted by Crippen LogP contribution is 2.35. The lowest BCUT2D eigenvalue weighted by atomic mass is 10.2. The van der Waals surface area contributed by atoms with Crippen LogP contribution in [0.2, 0.25) is 15.1 Å². The van der Waals surface area contributed by atoms with Gasteiger partial charge in [-0.2, -0.15) is 0 Å². The molecule has 4 nitrogen and oxygen atoms in total. The van der Waals surface area contributed by atoms with Gasteiger partial charge in [-0.25, -0.2) is 4.99 Å². The van der Waals surface area contributed by atoms with Crippen LogP contribution in [0.4, 0.5) is 5.69 Å². The van der Waals surface area contributed by atoms with Gasteiger partial charge < -0.3 is 9.73 Å². The van der Waals surface area contributed by atoms with Crippen LogP contribution in [0.15, 0.2) is 68.9 Å². The molecule has 0 atom stereocenters. The zero-order chi connectivity index (χ0) is 19.7. The van der Waals surface area contributed by atoms with E-state index in [0.29, 0.717) is 47.9 Å². The van der Waals surface area contributed by atoms with E-state index < -0.39 is 0 Å². The molecule has 1 saturated heterocycles. The summed E-state index contributed by atoms with van der Waals surface area (Å²) in [4.78, 5) is 17.1. The van der Waals surface area contributed by atoms with Crippen LogP contribution in [0, 0.1) is 0 Å². The number of thioether (sulfide) groups is 1. The zero-order valence-corrected chi connectivity index (χ0v) is 17.2. The van der Waals surface area contributed by atoms with Crippen molar-refractivity contribution in [2.45, 2.75) is 0 Å². The van der Waals surface area contributed by atoms with Crippen molar-refractivity contribution in [3.63, 3.8) is 0 Å². The van der Waals surface area contributed by atoms with Gasteiger partial charge in [-0.3, -0.25) is 4.79 Å². The van der Waals surface area contributed by atoms with Crippen LogP contribution in [0.5, 0.6) is 0 Å². The van der Waals surface area contributed by atoms with Crippen LogP contribution in [0.1, 0.15) is 5.76 Å². The van der Waals surface area contributed by atoms with Gasteiger partial charge in [-0.1, -0.05) is 40.9 Å². The lowest BCUT2D eigenvalue weighted by Gasteiger charge is -2.01. The molecule has 140 valence electrons. The number of furan rings is 1. The van der Waals surface area contributed by atoms with E-state index in [1.54, 1.807) is 54.6 Å². The van der Waals surface area contributed by atoms with Crippen molar-refractivity contribution in [3.05, 3.63) is 80.3 Å². The third-order valence-corrected chi connectivity index (χ3v) is 5.81. The summed E-state index contributed by atoms with van der Waals surface area (Å²) in [5.41, 5.74) is 1.39. The molecule has 1 aromatic heterocycles. The van der Waals surface area contributed by atoms with Crippen molar-refractivity contribution in [1.29, 1.82) is 0 Å². The third-order valence-electron chi connectivity index (χ3n) is 3.83. The molecule has 4 rings (SSSR count). The quantitative estimate of drug-likeness (QED) is 0.447. The summed E-state index contributed by atoms with van der Waals surface area (Å²) in [6.07, 6.45) is 1.66. The molecule has 0 bridgehead atoms. The van der Waals surface area contributed by atoms with Crippen molar-refractivity contribution < 1.29 is 9.21 Å². The molecular weight excluding hydrogens is 439 g/mol. The van der Waals surface area contributed by atoms with Crippen molar-refractivity contribution >= 4 is 69.4 Å². The third kappa shape index (κ3) is 4.13. The molecule has 28 heavy (non-hydrogen) atoms. The highest BCUT2D eigenvalue weighted by molar-refractivity contribution is 8.18. The Labute approximate surface area is 180 Å². The van der Waals surface area contributed by atoms with Crippen LogP contribution < -0.4 is 5.32 Å². The molecule has 0 aliphatic carbocycles. The highest BCUT2D eigenvalue weighted by atomic mass is 35.5. The number of benzene rings is 2. The number of hydrogen-bond acceptors (Lipinski definition) is 4. The van der Waals surface area contributed by atoms with E-state index >= 15 is 0 Å². The molecule has 1 fully saturated rings. The van der Waals surface area contributed by atoms with Gasteiger partial charge in [0, 0.05) is 16.7 Å². The van der Waals surface area contributed by atoms with Crippen LogP contribution >= 0.6 is 46.6 Å². The fourth-order valence-corrected chi connectivity index (χ4v) is 3.85. The summed E-state index contributed by atoms with van der Waals surface area (Å²) in [6, 6.07) is 15.9. The second kappa shape index (κ2) is 8.05. The van der Waals surface area contributed by atoms with Crippen molar-refractivity contribution in [2.24, 2.45) is 4.99 Å². The van der Waals surface area contributed by atoms with Crippen molar-refractivity contribution in [1.82, 2.24) is 5.32 Å². The minimum Gasteiger partial charge on any atom is -0.457 e. The van der Waals surface area contributed by atoms with Crippen LogP contribution in [-0.2, 0) is 4.79 Å². The minimum absolute atomic E-state index is 0.239. The number of carbonyl (C=O) groups excluding carboxylic acids is 1. The fourth-order valence-electron chi connectivity index (χ4n) is 2.51. The molecule has 0 saturated carbocycles. The summed E-state index contributed by atoms with van der Waals surface area (Å²) in [7, 11) is 0. The summed E-state index contributed by atoms with van der Waals surface area (Å²) in [5, 5.41) is 4.72. The number of aliphatic imine (C=N–C) groups is 1. The second-order valence-electron chi connectivity index (χ2n) is 5.76. The van der Waals surface area contributed by atoms with Gasteiger partial charge in [0.1, 0.15) is 11.5 Å². The SMILES string of the molecule is O=C1NC(=Nc2ccc(Cl)cc2)SC1=Cc1ccc(-c2cccc(Cl)c2Cl)o1. The molecule has 0 spiro atoms. The number of carbonyl (C=O) groups is 1. The van der Waals surface area contributed by atoms with E-state index in [0.717, 1.165) is 0 Å². The van der Waals surface area contributed by atoms with E-state index in [4.69, 9.17) is 39.2 Å². The largest absolute Gasteiger partial charge is 0.457 e. The predicted octanol–water partition coefficient (Wildman–Crippen LogP) is 6.80. The number of amidine groups is 1. The normalized spacial score (nSPS) is 16.8. The average Bonchev–Trinajstić information content (AvgIpc) is 3.26. The van der Waals surface area contributed by atoms with Gasteiger partial charge in [0.05, 0.1) is 20.6 Å². The first-order chi connectivity index (χ1) is 13.5. The molecule has 2 heterocycles. The van der Waals surface area contributed by atoms with Crippen LogP contribution in [0.3, 0.4) is 0 Å². The van der Waals surface area contributed by atoms with Gasteiger partial charge in [-0.15, -0.1) is 0 Å². The number of hydrogen-bond donors (Lipinski definition) is 1. The maximum atomic E-state index is 12.2. The van der Waals surface area contributed by atoms with E-state index in [9.17, 15) is 4.79 Å². The number of halogens is 3. The maximum absolute atomic E-state index is 12.2. The Balaban J connectivity index is 1.56. The molecule has 1 amide bonds. The Morgan fingerprint density at radius 3 is 2.57 bits per heavy atom. The topological polar surface area (TPSA) is 54.6 Å². The smallest absolute Gasteiger partial charge is 0.264 e. The Bertz CT molecular complexity index is 1120. The lowest BCUT2D eigenvalue weighted by molar-refractivity contribution is -0.115. The monoisotopic (exact) mass is 448 g/mol. The minimum atomic E-state index is -0.239. The summed E-state index contributed by atoms with van der Waals surface area (Å²) < 4.78 is 5.82. The van der Waals surface area contributed by atoms with E-state index in [2.05, 4.69) is 10.3 Å². The summed E-state index contributed by atoms with van der Waals surface area (Å²) in [6.45, 7) is 0. The molecule has 1 N–H and O–H groups in total. The van der Waals surface area contributed by atoms with E-state index in [1.165, 1.54) is 11.8 Å². The number of amides is 1. The fraction of sp³-hybridized carbons (Fsp3) is 0. The van der Waals surface area contributed by atoms with Gasteiger partial charge in [0.2, 0.25) is 0 Å².